The van der Waals surface area contributed by atoms with Crippen LogP contribution in [-0.4, -0.2) is 73.1 Å². The van der Waals surface area contributed by atoms with Crippen LogP contribution in [0, 0.1) is 0 Å². The number of aliphatic carboxylic acids is 1. The van der Waals surface area contributed by atoms with Gasteiger partial charge in [-0.3, -0.25) is 4.79 Å². The van der Waals surface area contributed by atoms with Crippen LogP contribution in [0.3, 0.4) is 0 Å². The maximum atomic E-state index is 12.5. The SMILES string of the molecule is CCO[C@@H](CNC(=O)c1cccc(N)c1)OC(COCc1ccccc1)[C@@H](O)C(C)OCC(=O)O. The van der Waals surface area contributed by atoms with Gasteiger partial charge in [0.25, 0.3) is 5.91 Å². The first-order valence-electron chi connectivity index (χ1n) is 11.3. The molecule has 2 unspecified atom stereocenters. The quantitative estimate of drug-likeness (QED) is 0.204. The number of hydrogen-bond acceptors (Lipinski definition) is 8. The molecule has 0 aliphatic rings. The molecule has 0 saturated heterocycles. The Balaban J connectivity index is 2.03. The number of hydrogen-bond donors (Lipinski definition) is 4. The first-order chi connectivity index (χ1) is 16.8. The molecule has 0 saturated carbocycles. The minimum Gasteiger partial charge on any atom is -0.480 e. The highest BCUT2D eigenvalue weighted by Crippen LogP contribution is 2.14. The Morgan fingerprint density at radius 2 is 1.83 bits per heavy atom. The summed E-state index contributed by atoms with van der Waals surface area (Å²) in [7, 11) is 0. The number of carbonyl (C=O) groups excluding carboxylic acids is 1. The normalized spacial score (nSPS) is 14.6. The molecule has 2 rings (SSSR count). The zero-order valence-electron chi connectivity index (χ0n) is 20.0. The summed E-state index contributed by atoms with van der Waals surface area (Å²) in [5, 5.41) is 22.4. The Morgan fingerprint density at radius 3 is 2.49 bits per heavy atom. The fourth-order valence-electron chi connectivity index (χ4n) is 3.17. The number of nitrogen functional groups attached to an aromatic ring is 1. The number of nitrogens with one attached hydrogen (secondary N) is 1. The Hall–Kier alpha value is -3.02. The van der Waals surface area contributed by atoms with E-state index >= 15 is 0 Å². The van der Waals surface area contributed by atoms with Crippen molar-refractivity contribution in [2.75, 3.05) is 32.1 Å². The number of carboxylic acids is 1. The number of rotatable bonds is 16. The molecule has 35 heavy (non-hydrogen) atoms. The molecule has 192 valence electrons. The minimum atomic E-state index is -1.22. The van der Waals surface area contributed by atoms with Gasteiger partial charge in [0.05, 0.1) is 25.9 Å². The number of nitrogens with two attached hydrogens (primary N) is 1. The molecule has 0 fully saturated rings. The summed E-state index contributed by atoms with van der Waals surface area (Å²) in [6.07, 6.45) is -3.92. The van der Waals surface area contributed by atoms with Crippen molar-refractivity contribution in [1.29, 1.82) is 0 Å². The number of amides is 1. The molecule has 0 heterocycles. The maximum absolute atomic E-state index is 12.5. The molecule has 10 heteroatoms. The van der Waals surface area contributed by atoms with Crippen molar-refractivity contribution in [3.05, 3.63) is 65.7 Å². The van der Waals surface area contributed by atoms with Crippen LogP contribution in [0.4, 0.5) is 5.69 Å². The van der Waals surface area contributed by atoms with E-state index in [-0.39, 0.29) is 32.3 Å². The number of ether oxygens (including phenoxy) is 4. The lowest BCUT2D eigenvalue weighted by atomic mass is 10.1. The summed E-state index contributed by atoms with van der Waals surface area (Å²) < 4.78 is 22.5. The Labute approximate surface area is 204 Å². The van der Waals surface area contributed by atoms with Crippen molar-refractivity contribution in [3.63, 3.8) is 0 Å². The second-order valence-electron chi connectivity index (χ2n) is 7.80. The highest BCUT2D eigenvalue weighted by molar-refractivity contribution is 5.94. The summed E-state index contributed by atoms with van der Waals surface area (Å²) in [6, 6.07) is 16.0. The maximum Gasteiger partial charge on any atom is 0.329 e. The molecule has 0 bridgehead atoms. The third-order valence-electron chi connectivity index (χ3n) is 4.98. The summed E-state index contributed by atoms with van der Waals surface area (Å²) in [6.45, 7) is 3.28. The fraction of sp³-hybridized carbons (Fsp3) is 0.440. The van der Waals surface area contributed by atoms with Crippen LogP contribution in [0.1, 0.15) is 29.8 Å². The lowest BCUT2D eigenvalue weighted by Crippen LogP contribution is -2.47. The predicted molar refractivity (Wildman–Crippen MR) is 129 cm³/mol. The van der Waals surface area contributed by atoms with Crippen LogP contribution in [0.15, 0.2) is 54.6 Å². The van der Waals surface area contributed by atoms with E-state index in [2.05, 4.69) is 5.32 Å². The van der Waals surface area contributed by atoms with Gasteiger partial charge in [0.15, 0.2) is 6.29 Å². The second-order valence-corrected chi connectivity index (χ2v) is 7.80. The van der Waals surface area contributed by atoms with Gasteiger partial charge in [-0.25, -0.2) is 4.79 Å². The van der Waals surface area contributed by atoms with E-state index in [0.29, 0.717) is 11.3 Å². The number of carbonyl (C=O) groups is 2. The van der Waals surface area contributed by atoms with Gasteiger partial charge in [-0.1, -0.05) is 36.4 Å². The standard InChI is InChI=1S/C25H34N2O8/c1-3-33-23(13-27-25(31)19-10-7-11-20(26)12-19)35-21(24(30)17(2)34-16-22(28)29)15-32-14-18-8-5-4-6-9-18/h4-12,17,21,23-24,30H,3,13-16,26H2,1-2H3,(H,27,31)(H,28,29)/t17?,21?,23-,24+/m1/s1. The van der Waals surface area contributed by atoms with Gasteiger partial charge in [-0.05, 0) is 37.6 Å². The van der Waals surface area contributed by atoms with Crippen molar-refractivity contribution in [2.45, 2.75) is 45.1 Å². The monoisotopic (exact) mass is 490 g/mol. The number of anilines is 1. The number of carboxylic acid groups (broad SMARTS) is 1. The molecule has 5 N–H and O–H groups in total. The van der Waals surface area contributed by atoms with E-state index in [9.17, 15) is 14.7 Å². The topological polar surface area (TPSA) is 150 Å². The van der Waals surface area contributed by atoms with Crippen molar-refractivity contribution in [1.82, 2.24) is 5.32 Å². The van der Waals surface area contributed by atoms with Gasteiger partial charge in [0.2, 0.25) is 0 Å². The van der Waals surface area contributed by atoms with Crippen molar-refractivity contribution in [2.24, 2.45) is 0 Å². The summed E-state index contributed by atoms with van der Waals surface area (Å²) in [5.41, 5.74) is 7.53. The third kappa shape index (κ3) is 10.4. The molecule has 0 radical (unpaired) electrons. The number of aliphatic hydroxyl groups excluding tert-OH is 1. The first-order valence-corrected chi connectivity index (χ1v) is 11.3. The molecule has 2 aromatic carbocycles. The van der Waals surface area contributed by atoms with E-state index in [4.69, 9.17) is 29.8 Å². The summed E-state index contributed by atoms with van der Waals surface area (Å²) in [4.78, 5) is 23.3. The summed E-state index contributed by atoms with van der Waals surface area (Å²) in [5.74, 6) is -1.51. The van der Waals surface area contributed by atoms with Crippen LogP contribution in [0.5, 0.6) is 0 Å². The molecule has 0 aliphatic heterocycles. The summed E-state index contributed by atoms with van der Waals surface area (Å²) >= 11 is 0. The van der Waals surface area contributed by atoms with E-state index in [1.807, 2.05) is 30.3 Å². The molecule has 1 amide bonds. The molecule has 10 nitrogen and oxygen atoms in total. The highest BCUT2D eigenvalue weighted by atomic mass is 16.7. The largest absolute Gasteiger partial charge is 0.480 e. The Kier molecular flexibility index (Phi) is 12.2. The van der Waals surface area contributed by atoms with Crippen LogP contribution in [-0.2, 0) is 30.3 Å². The molecule has 4 atom stereocenters. The smallest absolute Gasteiger partial charge is 0.329 e. The molecular formula is C25H34N2O8. The van der Waals surface area contributed by atoms with Crippen molar-refractivity contribution in [3.8, 4) is 0 Å². The number of aliphatic hydroxyl groups is 1. The Morgan fingerprint density at radius 1 is 1.09 bits per heavy atom. The third-order valence-corrected chi connectivity index (χ3v) is 4.98. The van der Waals surface area contributed by atoms with Gasteiger partial charge in [0.1, 0.15) is 18.8 Å². The first kappa shape index (κ1) is 28.2. The molecule has 0 spiro atoms. The highest BCUT2D eigenvalue weighted by Gasteiger charge is 2.30. The zero-order chi connectivity index (χ0) is 25.6. The van der Waals surface area contributed by atoms with Crippen LogP contribution in [0.25, 0.3) is 0 Å². The molecule has 2 aromatic rings. The molecule has 0 aromatic heterocycles. The van der Waals surface area contributed by atoms with Gasteiger partial charge in [0, 0.05) is 17.9 Å². The average molecular weight is 491 g/mol. The minimum absolute atomic E-state index is 0.00621. The van der Waals surface area contributed by atoms with Gasteiger partial charge < -0.3 is 40.2 Å². The van der Waals surface area contributed by atoms with Gasteiger partial charge >= 0.3 is 5.97 Å². The Bertz CT molecular complexity index is 911. The van der Waals surface area contributed by atoms with E-state index < -0.39 is 37.2 Å². The van der Waals surface area contributed by atoms with Crippen LogP contribution in [0.2, 0.25) is 0 Å². The lowest BCUT2D eigenvalue weighted by molar-refractivity contribution is -0.214. The number of benzene rings is 2. The fourth-order valence-corrected chi connectivity index (χ4v) is 3.17. The predicted octanol–water partition coefficient (Wildman–Crippen LogP) is 1.81. The van der Waals surface area contributed by atoms with Gasteiger partial charge in [-0.2, -0.15) is 0 Å². The van der Waals surface area contributed by atoms with Crippen LogP contribution < -0.4 is 11.1 Å². The average Bonchev–Trinajstić information content (AvgIpc) is 2.85. The molecule has 0 aliphatic carbocycles. The molecular weight excluding hydrogens is 456 g/mol. The van der Waals surface area contributed by atoms with Crippen molar-refractivity contribution >= 4 is 17.6 Å². The lowest BCUT2D eigenvalue weighted by Gasteiger charge is -2.31. The van der Waals surface area contributed by atoms with Crippen molar-refractivity contribution < 1.29 is 38.7 Å². The van der Waals surface area contributed by atoms with E-state index in [1.54, 1.807) is 38.1 Å². The van der Waals surface area contributed by atoms with E-state index in [1.165, 1.54) is 0 Å². The van der Waals surface area contributed by atoms with E-state index in [0.717, 1.165) is 5.56 Å². The zero-order valence-corrected chi connectivity index (χ0v) is 20.0. The van der Waals surface area contributed by atoms with Gasteiger partial charge in [-0.15, -0.1) is 0 Å². The van der Waals surface area contributed by atoms with Crippen LogP contribution >= 0.6 is 0 Å². The second kappa shape index (κ2) is 15.1.